The lowest BCUT2D eigenvalue weighted by molar-refractivity contribution is 0.0696. The summed E-state index contributed by atoms with van der Waals surface area (Å²) < 4.78 is 21.8. The largest absolute Gasteiger partial charge is 0.478 e. The third-order valence-corrected chi connectivity index (χ3v) is 3.24. The molecular formula is C7H5Cl3O4S. The maximum atomic E-state index is 10.9. The molecule has 0 aromatic heterocycles. The Bertz CT molecular complexity index is 483. The lowest BCUT2D eigenvalue weighted by atomic mass is 10.2. The van der Waals surface area contributed by atoms with Crippen LogP contribution in [0.25, 0.3) is 0 Å². The highest BCUT2D eigenvalue weighted by Crippen LogP contribution is 2.25. The summed E-state index contributed by atoms with van der Waals surface area (Å²) in [6.07, 6.45) is 0. The average molecular weight is 292 g/mol. The predicted octanol–water partition coefficient (Wildman–Crippen LogP) is 2.39. The van der Waals surface area contributed by atoms with E-state index in [1.165, 1.54) is 12.1 Å². The highest BCUT2D eigenvalue weighted by atomic mass is 35.7. The van der Waals surface area contributed by atoms with Crippen LogP contribution in [0.15, 0.2) is 23.1 Å². The average Bonchev–Trinajstić information content (AvgIpc) is 2.02. The van der Waals surface area contributed by atoms with Crippen molar-refractivity contribution in [2.75, 3.05) is 0 Å². The van der Waals surface area contributed by atoms with E-state index in [1.807, 2.05) is 0 Å². The number of carboxylic acid groups (broad SMARTS) is 1. The van der Waals surface area contributed by atoms with Crippen molar-refractivity contribution in [3.63, 3.8) is 0 Å². The standard InChI is InChI=1S/C7H4Cl2O4S.ClH/c8-5-2-1-4(7(10)11)3-6(5)14(9,12)13;/h1-3H,(H,10,11);1H. The Kier molecular flexibility index (Phi) is 4.86. The minimum atomic E-state index is -4.01. The van der Waals surface area contributed by atoms with Gasteiger partial charge in [0.05, 0.1) is 10.6 Å². The molecule has 0 bridgehead atoms. The van der Waals surface area contributed by atoms with E-state index in [9.17, 15) is 13.2 Å². The molecule has 0 amide bonds. The van der Waals surface area contributed by atoms with Crippen LogP contribution in [0.1, 0.15) is 10.4 Å². The van der Waals surface area contributed by atoms with Gasteiger partial charge in [-0.15, -0.1) is 12.4 Å². The fourth-order valence-corrected chi connectivity index (χ4v) is 2.32. The van der Waals surface area contributed by atoms with Gasteiger partial charge in [0.1, 0.15) is 4.90 Å². The highest BCUT2D eigenvalue weighted by molar-refractivity contribution is 8.13. The lowest BCUT2D eigenvalue weighted by Crippen LogP contribution is -1.99. The lowest BCUT2D eigenvalue weighted by Gasteiger charge is -2.00. The predicted molar refractivity (Wildman–Crippen MR) is 58.7 cm³/mol. The second kappa shape index (κ2) is 5.03. The molecule has 0 saturated carbocycles. The van der Waals surface area contributed by atoms with E-state index in [-0.39, 0.29) is 23.0 Å². The Morgan fingerprint density at radius 1 is 1.33 bits per heavy atom. The molecule has 4 nitrogen and oxygen atoms in total. The summed E-state index contributed by atoms with van der Waals surface area (Å²) in [4.78, 5) is 10.1. The molecule has 0 aliphatic carbocycles. The van der Waals surface area contributed by atoms with Gasteiger partial charge in [-0.2, -0.15) is 0 Å². The van der Waals surface area contributed by atoms with Gasteiger partial charge < -0.3 is 5.11 Å². The molecule has 0 heterocycles. The van der Waals surface area contributed by atoms with E-state index in [1.54, 1.807) is 0 Å². The first-order valence-electron chi connectivity index (χ1n) is 3.30. The third-order valence-electron chi connectivity index (χ3n) is 1.44. The number of aromatic carboxylic acids is 1. The Labute approximate surface area is 102 Å². The van der Waals surface area contributed by atoms with Crippen LogP contribution in [0.2, 0.25) is 5.02 Å². The summed E-state index contributed by atoms with van der Waals surface area (Å²) >= 11 is 5.53. The van der Waals surface area contributed by atoms with Gasteiger partial charge in [0, 0.05) is 10.7 Å². The summed E-state index contributed by atoms with van der Waals surface area (Å²) in [5, 5.41) is 8.48. The fraction of sp³-hybridized carbons (Fsp3) is 0. The van der Waals surface area contributed by atoms with Crippen LogP contribution in [0.5, 0.6) is 0 Å². The van der Waals surface area contributed by atoms with Gasteiger partial charge in [0.2, 0.25) is 0 Å². The summed E-state index contributed by atoms with van der Waals surface area (Å²) in [7, 11) is 1.02. The van der Waals surface area contributed by atoms with Gasteiger partial charge in [-0.1, -0.05) is 11.6 Å². The van der Waals surface area contributed by atoms with Gasteiger partial charge in [-0.25, -0.2) is 13.2 Å². The van der Waals surface area contributed by atoms with E-state index in [0.717, 1.165) is 6.07 Å². The molecule has 0 aliphatic rings. The van der Waals surface area contributed by atoms with Crippen molar-refractivity contribution in [1.29, 1.82) is 0 Å². The van der Waals surface area contributed by atoms with Crippen LogP contribution in [0, 0.1) is 0 Å². The molecule has 1 rings (SSSR count). The summed E-state index contributed by atoms with van der Waals surface area (Å²) in [6, 6.07) is 3.27. The molecule has 15 heavy (non-hydrogen) atoms. The minimum Gasteiger partial charge on any atom is -0.478 e. The molecule has 0 unspecified atom stereocenters. The monoisotopic (exact) mass is 290 g/mol. The van der Waals surface area contributed by atoms with Crippen molar-refractivity contribution in [2.45, 2.75) is 4.90 Å². The number of rotatable bonds is 2. The molecule has 84 valence electrons. The smallest absolute Gasteiger partial charge is 0.335 e. The van der Waals surface area contributed by atoms with Crippen LogP contribution in [0.3, 0.4) is 0 Å². The number of hydrogen-bond donors (Lipinski definition) is 1. The Hall–Kier alpha value is -0.490. The molecular weight excluding hydrogens is 286 g/mol. The van der Waals surface area contributed by atoms with E-state index in [2.05, 4.69) is 0 Å². The van der Waals surface area contributed by atoms with Crippen molar-refractivity contribution in [1.82, 2.24) is 0 Å². The summed E-state index contributed by atoms with van der Waals surface area (Å²) in [5.41, 5.74) is -0.186. The van der Waals surface area contributed by atoms with E-state index < -0.39 is 19.9 Å². The first-order chi connectivity index (χ1) is 6.32. The number of carboxylic acids is 1. The van der Waals surface area contributed by atoms with Crippen molar-refractivity contribution >= 4 is 49.7 Å². The molecule has 0 radical (unpaired) electrons. The van der Waals surface area contributed by atoms with Crippen molar-refractivity contribution < 1.29 is 18.3 Å². The third kappa shape index (κ3) is 3.53. The first-order valence-corrected chi connectivity index (χ1v) is 5.98. The van der Waals surface area contributed by atoms with E-state index in [4.69, 9.17) is 27.4 Å². The maximum absolute atomic E-state index is 10.9. The number of halogens is 3. The number of hydrogen-bond acceptors (Lipinski definition) is 3. The van der Waals surface area contributed by atoms with Crippen LogP contribution in [-0.4, -0.2) is 19.5 Å². The van der Waals surface area contributed by atoms with E-state index >= 15 is 0 Å². The van der Waals surface area contributed by atoms with Crippen LogP contribution in [0.4, 0.5) is 0 Å². The van der Waals surface area contributed by atoms with Gasteiger partial charge in [0.15, 0.2) is 0 Å². The zero-order valence-electron chi connectivity index (χ0n) is 6.98. The normalized spacial score (nSPS) is 10.5. The molecule has 0 fully saturated rings. The highest BCUT2D eigenvalue weighted by Gasteiger charge is 2.17. The molecule has 0 saturated heterocycles. The Morgan fingerprint density at radius 3 is 2.27 bits per heavy atom. The molecule has 1 aromatic rings. The van der Waals surface area contributed by atoms with Gasteiger partial charge >= 0.3 is 5.97 Å². The minimum absolute atomic E-state index is 0. The second-order valence-corrected chi connectivity index (χ2v) is 5.33. The molecule has 1 N–H and O–H groups in total. The molecule has 1 aromatic carbocycles. The first kappa shape index (κ1) is 14.5. The van der Waals surface area contributed by atoms with Crippen molar-refractivity contribution in [3.05, 3.63) is 28.8 Å². The molecule has 0 aliphatic heterocycles. The van der Waals surface area contributed by atoms with Crippen LogP contribution < -0.4 is 0 Å². The molecule has 8 heteroatoms. The van der Waals surface area contributed by atoms with E-state index in [0.29, 0.717) is 0 Å². The van der Waals surface area contributed by atoms with Crippen molar-refractivity contribution in [2.24, 2.45) is 0 Å². The zero-order chi connectivity index (χ0) is 10.9. The fourth-order valence-electron chi connectivity index (χ4n) is 0.823. The zero-order valence-corrected chi connectivity index (χ0v) is 10.1. The summed E-state index contributed by atoms with van der Waals surface area (Å²) in [5.74, 6) is -1.25. The molecule has 0 spiro atoms. The number of benzene rings is 1. The van der Waals surface area contributed by atoms with Gasteiger partial charge in [-0.3, -0.25) is 0 Å². The van der Waals surface area contributed by atoms with Crippen molar-refractivity contribution in [3.8, 4) is 0 Å². The van der Waals surface area contributed by atoms with Crippen LogP contribution in [-0.2, 0) is 9.05 Å². The SMILES string of the molecule is Cl.O=C(O)c1ccc(Cl)c(S(=O)(=O)Cl)c1. The Balaban J connectivity index is 0.00000196. The Morgan fingerprint density at radius 2 is 1.87 bits per heavy atom. The second-order valence-electron chi connectivity index (χ2n) is 2.39. The quantitative estimate of drug-likeness (QED) is 0.849. The maximum Gasteiger partial charge on any atom is 0.335 e. The van der Waals surface area contributed by atoms with Crippen LogP contribution >= 0.6 is 34.7 Å². The van der Waals surface area contributed by atoms with Gasteiger partial charge in [-0.05, 0) is 18.2 Å². The van der Waals surface area contributed by atoms with Gasteiger partial charge in [0.25, 0.3) is 9.05 Å². The molecule has 0 atom stereocenters. The topological polar surface area (TPSA) is 71.4 Å². The number of carbonyl (C=O) groups is 1. The summed E-state index contributed by atoms with van der Waals surface area (Å²) in [6.45, 7) is 0.